The van der Waals surface area contributed by atoms with E-state index in [1.54, 1.807) is 12.1 Å². The number of phenols is 2. The Kier molecular flexibility index (Phi) is 5.03. The van der Waals surface area contributed by atoms with Crippen LogP contribution in [-0.2, 0) is 11.2 Å². The number of amides is 1. The molecule has 1 aliphatic rings. The number of benzene rings is 2. The third-order valence-electron chi connectivity index (χ3n) is 4.80. The summed E-state index contributed by atoms with van der Waals surface area (Å²) in [5.41, 5.74) is 2.79. The second-order valence-electron chi connectivity index (χ2n) is 6.37. The van der Waals surface area contributed by atoms with Gasteiger partial charge in [0.2, 0.25) is 11.7 Å². The molecule has 0 saturated carbocycles. The molecule has 0 radical (unpaired) electrons. The highest BCUT2D eigenvalue weighted by Gasteiger charge is 2.31. The molecule has 7 heteroatoms. The Balaban J connectivity index is 2.36. The molecule has 1 atom stereocenters. The highest BCUT2D eigenvalue weighted by Crippen LogP contribution is 2.52. The Bertz CT molecular complexity index is 893. The van der Waals surface area contributed by atoms with Gasteiger partial charge in [-0.15, -0.1) is 0 Å². The van der Waals surface area contributed by atoms with E-state index in [1.165, 1.54) is 28.3 Å². The average molecular weight is 373 g/mol. The molecule has 0 fully saturated rings. The first-order chi connectivity index (χ1) is 12.9. The highest BCUT2D eigenvalue weighted by molar-refractivity contribution is 5.85. The van der Waals surface area contributed by atoms with Crippen LogP contribution in [0.2, 0.25) is 0 Å². The van der Waals surface area contributed by atoms with Gasteiger partial charge in [0.05, 0.1) is 27.4 Å². The fraction of sp³-hybridized carbons (Fsp3) is 0.350. The molecular formula is C20H23NO6. The van der Waals surface area contributed by atoms with Crippen LogP contribution in [0.3, 0.4) is 0 Å². The summed E-state index contributed by atoms with van der Waals surface area (Å²) in [6.45, 7) is 1.43. The lowest BCUT2D eigenvalue weighted by molar-refractivity contribution is -0.119. The Morgan fingerprint density at radius 2 is 1.81 bits per heavy atom. The molecule has 3 rings (SSSR count). The molecule has 3 N–H and O–H groups in total. The first-order valence-corrected chi connectivity index (χ1v) is 8.57. The number of phenolic OH excluding ortho intramolecular Hbond substituents is 2. The number of hydrogen-bond acceptors (Lipinski definition) is 6. The van der Waals surface area contributed by atoms with Gasteiger partial charge in [0.15, 0.2) is 23.0 Å². The summed E-state index contributed by atoms with van der Waals surface area (Å²) in [5.74, 6) is 0.655. The van der Waals surface area contributed by atoms with Crippen molar-refractivity contribution in [3.05, 3.63) is 29.3 Å². The quantitative estimate of drug-likeness (QED) is 0.762. The van der Waals surface area contributed by atoms with Crippen molar-refractivity contribution < 1.29 is 29.2 Å². The zero-order chi connectivity index (χ0) is 19.7. The Morgan fingerprint density at radius 3 is 2.41 bits per heavy atom. The number of carbonyl (C=O) groups excluding carboxylic acids is 1. The van der Waals surface area contributed by atoms with E-state index >= 15 is 0 Å². The molecule has 2 aromatic rings. The summed E-state index contributed by atoms with van der Waals surface area (Å²) in [7, 11) is 4.42. The van der Waals surface area contributed by atoms with Gasteiger partial charge in [0, 0.05) is 18.1 Å². The SMILES string of the molecule is COc1ccc2c(c1O)C(NC(C)=O)CCc1cc(O)c(OC)c(OC)c1-2. The van der Waals surface area contributed by atoms with Crippen molar-refractivity contribution in [1.29, 1.82) is 0 Å². The van der Waals surface area contributed by atoms with Crippen molar-refractivity contribution in [3.8, 4) is 39.9 Å². The van der Waals surface area contributed by atoms with Crippen LogP contribution in [0, 0.1) is 0 Å². The lowest BCUT2D eigenvalue weighted by atomic mass is 9.92. The summed E-state index contributed by atoms with van der Waals surface area (Å²) in [5, 5.41) is 24.0. The van der Waals surface area contributed by atoms with Gasteiger partial charge < -0.3 is 29.7 Å². The summed E-state index contributed by atoms with van der Waals surface area (Å²) >= 11 is 0. The van der Waals surface area contributed by atoms with Gasteiger partial charge in [-0.05, 0) is 42.2 Å². The monoisotopic (exact) mass is 373 g/mol. The summed E-state index contributed by atoms with van der Waals surface area (Å²) in [6.07, 6.45) is 1.10. The van der Waals surface area contributed by atoms with E-state index in [0.717, 1.165) is 5.56 Å². The summed E-state index contributed by atoms with van der Waals surface area (Å²) in [6, 6.07) is 4.69. The van der Waals surface area contributed by atoms with Gasteiger partial charge in [-0.2, -0.15) is 0 Å². The van der Waals surface area contributed by atoms with Gasteiger partial charge in [-0.3, -0.25) is 4.79 Å². The van der Waals surface area contributed by atoms with E-state index in [2.05, 4.69) is 5.32 Å². The highest BCUT2D eigenvalue weighted by atomic mass is 16.5. The third kappa shape index (κ3) is 3.09. The van der Waals surface area contributed by atoms with Gasteiger partial charge in [-0.1, -0.05) is 0 Å². The second kappa shape index (κ2) is 7.26. The standard InChI is InChI=1S/C20H23NO6/c1-10(22)21-13-7-5-11-9-14(23)19(26-3)20(27-4)16(11)12-6-8-15(25-2)18(24)17(12)13/h6,8-9,13,23-24H,5,7H2,1-4H3,(H,21,22). The zero-order valence-electron chi connectivity index (χ0n) is 15.8. The zero-order valence-corrected chi connectivity index (χ0v) is 15.8. The molecule has 2 aromatic carbocycles. The number of hydrogen-bond donors (Lipinski definition) is 3. The molecule has 0 bridgehead atoms. The van der Waals surface area contributed by atoms with E-state index < -0.39 is 6.04 Å². The minimum Gasteiger partial charge on any atom is -0.504 e. The Labute approximate surface area is 157 Å². The minimum absolute atomic E-state index is 0.0228. The van der Waals surface area contributed by atoms with Crippen molar-refractivity contribution in [2.75, 3.05) is 21.3 Å². The number of rotatable bonds is 4. The first-order valence-electron chi connectivity index (χ1n) is 8.57. The number of nitrogens with one attached hydrogen (secondary N) is 1. The maximum absolute atomic E-state index is 11.7. The van der Waals surface area contributed by atoms with Crippen LogP contribution >= 0.6 is 0 Å². The van der Waals surface area contributed by atoms with Crippen molar-refractivity contribution in [2.24, 2.45) is 0 Å². The molecule has 0 aromatic heterocycles. The lowest BCUT2D eigenvalue weighted by Crippen LogP contribution is -2.26. The van der Waals surface area contributed by atoms with Crippen molar-refractivity contribution in [1.82, 2.24) is 5.32 Å². The van der Waals surface area contributed by atoms with Crippen LogP contribution in [0.4, 0.5) is 0 Å². The third-order valence-corrected chi connectivity index (χ3v) is 4.80. The molecule has 1 unspecified atom stereocenters. The fourth-order valence-corrected chi connectivity index (χ4v) is 3.72. The first kappa shape index (κ1) is 18.7. The van der Waals surface area contributed by atoms with Crippen molar-refractivity contribution in [2.45, 2.75) is 25.8 Å². The molecule has 0 aliphatic heterocycles. The molecule has 0 heterocycles. The fourth-order valence-electron chi connectivity index (χ4n) is 3.72. The van der Waals surface area contributed by atoms with Gasteiger partial charge in [0.25, 0.3) is 0 Å². The topological polar surface area (TPSA) is 97.3 Å². The van der Waals surface area contributed by atoms with E-state index in [-0.39, 0.29) is 23.2 Å². The van der Waals surface area contributed by atoms with E-state index in [0.29, 0.717) is 41.0 Å². The van der Waals surface area contributed by atoms with Crippen LogP contribution in [0.15, 0.2) is 18.2 Å². The van der Waals surface area contributed by atoms with Crippen molar-refractivity contribution >= 4 is 5.91 Å². The predicted octanol–water partition coefficient (Wildman–Crippen LogP) is 2.91. The Hall–Kier alpha value is -3.09. The smallest absolute Gasteiger partial charge is 0.217 e. The predicted molar refractivity (Wildman–Crippen MR) is 99.7 cm³/mol. The molecule has 7 nitrogen and oxygen atoms in total. The van der Waals surface area contributed by atoms with E-state index in [9.17, 15) is 15.0 Å². The second-order valence-corrected chi connectivity index (χ2v) is 6.37. The van der Waals surface area contributed by atoms with Crippen LogP contribution < -0.4 is 19.5 Å². The number of ether oxygens (including phenoxy) is 3. The largest absolute Gasteiger partial charge is 0.504 e. The number of fused-ring (bicyclic) bond motifs is 3. The molecule has 1 aliphatic carbocycles. The average Bonchev–Trinajstić information content (AvgIpc) is 2.78. The number of aryl methyl sites for hydroxylation is 1. The number of methoxy groups -OCH3 is 3. The lowest BCUT2D eigenvalue weighted by Gasteiger charge is -2.22. The molecule has 144 valence electrons. The van der Waals surface area contributed by atoms with Gasteiger partial charge in [-0.25, -0.2) is 0 Å². The van der Waals surface area contributed by atoms with Crippen LogP contribution in [0.25, 0.3) is 11.1 Å². The summed E-state index contributed by atoms with van der Waals surface area (Å²) in [4.78, 5) is 11.7. The maximum Gasteiger partial charge on any atom is 0.217 e. The minimum atomic E-state index is -0.419. The van der Waals surface area contributed by atoms with Crippen LogP contribution in [0.5, 0.6) is 28.7 Å². The Morgan fingerprint density at radius 1 is 1.11 bits per heavy atom. The van der Waals surface area contributed by atoms with E-state index in [1.807, 2.05) is 6.07 Å². The van der Waals surface area contributed by atoms with Crippen LogP contribution in [0.1, 0.15) is 30.5 Å². The number of carbonyl (C=O) groups is 1. The van der Waals surface area contributed by atoms with Crippen molar-refractivity contribution in [3.63, 3.8) is 0 Å². The molecule has 1 amide bonds. The number of aromatic hydroxyl groups is 2. The summed E-state index contributed by atoms with van der Waals surface area (Å²) < 4.78 is 16.1. The molecule has 0 saturated heterocycles. The maximum atomic E-state index is 11.7. The molecule has 27 heavy (non-hydrogen) atoms. The normalized spacial score (nSPS) is 15.2. The van der Waals surface area contributed by atoms with Gasteiger partial charge >= 0.3 is 0 Å². The van der Waals surface area contributed by atoms with E-state index in [4.69, 9.17) is 14.2 Å². The molecular weight excluding hydrogens is 350 g/mol. The molecule has 0 spiro atoms. The van der Waals surface area contributed by atoms with Gasteiger partial charge in [0.1, 0.15) is 0 Å². The van der Waals surface area contributed by atoms with Crippen LogP contribution in [-0.4, -0.2) is 37.4 Å².